The number of ether oxygens (including phenoxy) is 1. The Morgan fingerprint density at radius 2 is 1.93 bits per heavy atom. The number of amides is 2. The Balaban J connectivity index is 1.53. The minimum atomic E-state index is -0.0549. The summed E-state index contributed by atoms with van der Waals surface area (Å²) in [5.41, 5.74) is 2.43. The smallest absolute Gasteiger partial charge is 0.425 e. The van der Waals surface area contributed by atoms with E-state index in [4.69, 9.17) is 4.74 Å². The number of benzene rings is 1. The van der Waals surface area contributed by atoms with Gasteiger partial charge < -0.3 is 10.1 Å². The van der Waals surface area contributed by atoms with Gasteiger partial charge in [-0.25, -0.2) is 4.79 Å². The monoisotopic (exact) mass is 423 g/mol. The number of nitrogens with zero attached hydrogens (tertiary/aromatic N) is 1. The highest BCUT2D eigenvalue weighted by molar-refractivity contribution is 8.05. The molecule has 1 fully saturated rings. The maximum absolute atomic E-state index is 12.9. The van der Waals surface area contributed by atoms with E-state index in [0.29, 0.717) is 10.5 Å². The summed E-state index contributed by atoms with van der Waals surface area (Å²) in [5, 5.41) is 3.17. The van der Waals surface area contributed by atoms with Crippen LogP contribution in [0.1, 0.15) is 37.7 Å². The normalized spacial score (nSPS) is 23.3. The van der Waals surface area contributed by atoms with E-state index in [-0.39, 0.29) is 23.1 Å². The van der Waals surface area contributed by atoms with E-state index in [1.165, 1.54) is 31.0 Å². The fourth-order valence-corrected chi connectivity index (χ4v) is 5.26. The van der Waals surface area contributed by atoms with Crippen molar-refractivity contribution in [1.82, 2.24) is 5.32 Å². The molecule has 30 heavy (non-hydrogen) atoms. The lowest BCUT2D eigenvalue weighted by atomic mass is 9.95. The molecule has 1 unspecified atom stereocenters. The lowest BCUT2D eigenvalue weighted by Crippen LogP contribution is -2.40. The molecule has 2 amide bonds. The SMILES string of the molecule is COc1ccc(/C=C2\SC3C=CC(C(=O)NC4CCCCC4)=CC3=[N+](C)C2=O)cc1. The van der Waals surface area contributed by atoms with E-state index in [0.717, 1.165) is 29.9 Å². The van der Waals surface area contributed by atoms with Crippen LogP contribution in [0.5, 0.6) is 5.75 Å². The first-order valence-electron chi connectivity index (χ1n) is 10.4. The lowest BCUT2D eigenvalue weighted by molar-refractivity contribution is -0.413. The summed E-state index contributed by atoms with van der Waals surface area (Å²) in [6.07, 6.45) is 13.4. The summed E-state index contributed by atoms with van der Waals surface area (Å²) in [6.45, 7) is 0. The number of nitrogens with one attached hydrogen (secondary N) is 1. The predicted octanol–water partition coefficient (Wildman–Crippen LogP) is 3.71. The molecule has 2 aliphatic carbocycles. The highest BCUT2D eigenvalue weighted by Crippen LogP contribution is 2.33. The molecule has 1 atom stereocenters. The van der Waals surface area contributed by atoms with Gasteiger partial charge in [0.05, 0.1) is 7.11 Å². The molecule has 0 spiro atoms. The Morgan fingerprint density at radius 1 is 1.20 bits per heavy atom. The Kier molecular flexibility index (Phi) is 6.23. The van der Waals surface area contributed by atoms with Gasteiger partial charge in [0.2, 0.25) is 5.71 Å². The Morgan fingerprint density at radius 3 is 2.63 bits per heavy atom. The molecular weight excluding hydrogens is 396 g/mol. The molecule has 1 aromatic rings. The van der Waals surface area contributed by atoms with Crippen molar-refractivity contribution in [2.45, 2.75) is 43.4 Å². The zero-order valence-electron chi connectivity index (χ0n) is 17.4. The van der Waals surface area contributed by atoms with Gasteiger partial charge in [0.15, 0.2) is 0 Å². The highest BCUT2D eigenvalue weighted by Gasteiger charge is 2.38. The van der Waals surface area contributed by atoms with Crippen LogP contribution in [0.4, 0.5) is 0 Å². The largest absolute Gasteiger partial charge is 0.497 e. The molecule has 1 saturated carbocycles. The second-order valence-corrected chi connectivity index (χ2v) is 9.06. The van der Waals surface area contributed by atoms with Gasteiger partial charge in [0.25, 0.3) is 5.91 Å². The predicted molar refractivity (Wildman–Crippen MR) is 121 cm³/mol. The van der Waals surface area contributed by atoms with E-state index in [2.05, 4.69) is 5.32 Å². The molecule has 5 nitrogen and oxygen atoms in total. The Bertz CT molecular complexity index is 967. The van der Waals surface area contributed by atoms with Crippen LogP contribution < -0.4 is 10.1 Å². The molecule has 0 radical (unpaired) electrons. The number of hydrogen-bond acceptors (Lipinski definition) is 4. The van der Waals surface area contributed by atoms with Crippen molar-refractivity contribution in [2.75, 3.05) is 14.2 Å². The average molecular weight is 424 g/mol. The summed E-state index contributed by atoms with van der Waals surface area (Å²) < 4.78 is 6.85. The fraction of sp³-hybridized carbons (Fsp3) is 0.375. The maximum atomic E-state index is 12.9. The van der Waals surface area contributed by atoms with Crippen LogP contribution in [0.15, 0.2) is 53.0 Å². The number of carbonyl (C=O) groups is 2. The minimum Gasteiger partial charge on any atom is -0.497 e. The van der Waals surface area contributed by atoms with Crippen LogP contribution in [-0.2, 0) is 9.59 Å². The number of methoxy groups -OCH3 is 1. The molecule has 1 aromatic carbocycles. The van der Waals surface area contributed by atoms with Gasteiger partial charge in [-0.2, -0.15) is 4.58 Å². The van der Waals surface area contributed by atoms with E-state index in [9.17, 15) is 9.59 Å². The van der Waals surface area contributed by atoms with E-state index in [1.807, 2.05) is 48.6 Å². The number of thioether (sulfide) groups is 1. The second-order valence-electron chi connectivity index (χ2n) is 7.88. The molecule has 6 heteroatoms. The van der Waals surface area contributed by atoms with Crippen molar-refractivity contribution in [1.29, 1.82) is 0 Å². The third-order valence-electron chi connectivity index (χ3n) is 5.82. The van der Waals surface area contributed by atoms with Crippen molar-refractivity contribution >= 4 is 35.4 Å². The first-order valence-corrected chi connectivity index (χ1v) is 11.3. The fourth-order valence-electron chi connectivity index (χ4n) is 4.04. The van der Waals surface area contributed by atoms with E-state index in [1.54, 1.807) is 18.7 Å². The molecule has 0 saturated heterocycles. The molecule has 1 N–H and O–H groups in total. The van der Waals surface area contributed by atoms with Gasteiger partial charge in [0.1, 0.15) is 23.0 Å². The standard InChI is InChI=1S/C24H26N2O3S/c1-26-20-15-17(23(27)25-18-6-4-3-5-7-18)10-13-21(20)30-22(24(26)28)14-16-8-11-19(29-2)12-9-16/h8-15,18,21H,3-7H2,1-2H3/p+1/b22-14-. The molecular formula is C24H27N2O3S+. The minimum absolute atomic E-state index is 0.0171. The maximum Gasteiger partial charge on any atom is 0.425 e. The number of likely N-dealkylation sites (N-methyl/N-ethyl adjacent to an activating group) is 1. The molecule has 156 valence electrons. The van der Waals surface area contributed by atoms with Crippen LogP contribution in [-0.4, -0.2) is 47.6 Å². The molecule has 0 aromatic heterocycles. The molecule has 3 aliphatic rings. The molecule has 0 bridgehead atoms. The van der Waals surface area contributed by atoms with Crippen LogP contribution in [0, 0.1) is 0 Å². The van der Waals surface area contributed by atoms with Crippen molar-refractivity contribution in [2.24, 2.45) is 0 Å². The van der Waals surface area contributed by atoms with Crippen molar-refractivity contribution in [3.8, 4) is 5.75 Å². The number of fused-ring (bicyclic) bond motifs is 1. The van der Waals surface area contributed by atoms with Crippen molar-refractivity contribution < 1.29 is 18.9 Å². The third-order valence-corrected chi connectivity index (χ3v) is 7.02. The zero-order chi connectivity index (χ0) is 21.1. The molecule has 1 aliphatic heterocycles. The third kappa shape index (κ3) is 4.43. The highest BCUT2D eigenvalue weighted by atomic mass is 32.2. The van der Waals surface area contributed by atoms with Crippen LogP contribution >= 0.6 is 11.8 Å². The molecule has 1 heterocycles. The first-order chi connectivity index (χ1) is 14.5. The summed E-state index contributed by atoms with van der Waals surface area (Å²) in [7, 11) is 3.41. The number of carbonyl (C=O) groups excluding carboxylic acids is 2. The van der Waals surface area contributed by atoms with Crippen LogP contribution in [0.25, 0.3) is 6.08 Å². The Labute approximate surface area is 181 Å². The second kappa shape index (κ2) is 9.04. The van der Waals surface area contributed by atoms with Crippen molar-refractivity contribution in [3.05, 3.63) is 58.5 Å². The topological polar surface area (TPSA) is 58.4 Å². The number of allylic oxidation sites excluding steroid dienone is 1. The van der Waals surface area contributed by atoms with Gasteiger partial charge in [-0.15, -0.1) is 0 Å². The summed E-state index contributed by atoms with van der Waals surface area (Å²) in [6, 6.07) is 7.90. The van der Waals surface area contributed by atoms with Gasteiger partial charge in [-0.05, 0) is 36.6 Å². The number of rotatable bonds is 4. The van der Waals surface area contributed by atoms with Crippen molar-refractivity contribution in [3.63, 3.8) is 0 Å². The van der Waals surface area contributed by atoms with E-state index < -0.39 is 0 Å². The number of hydrogen-bond donors (Lipinski definition) is 1. The summed E-state index contributed by atoms with van der Waals surface area (Å²) in [4.78, 5) is 26.3. The van der Waals surface area contributed by atoms with Gasteiger partial charge in [-0.3, -0.25) is 4.79 Å². The average Bonchev–Trinajstić information content (AvgIpc) is 2.78. The quantitative estimate of drug-likeness (QED) is 0.593. The van der Waals surface area contributed by atoms with Gasteiger partial charge in [0, 0.05) is 17.7 Å². The summed E-state index contributed by atoms with van der Waals surface area (Å²) in [5.74, 6) is 0.682. The lowest BCUT2D eigenvalue weighted by Gasteiger charge is -2.24. The first kappa shape index (κ1) is 20.7. The summed E-state index contributed by atoms with van der Waals surface area (Å²) >= 11 is 1.52. The zero-order valence-corrected chi connectivity index (χ0v) is 18.2. The van der Waals surface area contributed by atoms with E-state index >= 15 is 0 Å². The van der Waals surface area contributed by atoms with Gasteiger partial charge in [-0.1, -0.05) is 55.3 Å². The van der Waals surface area contributed by atoms with Crippen LogP contribution in [0.2, 0.25) is 0 Å². The van der Waals surface area contributed by atoms with Gasteiger partial charge >= 0.3 is 5.91 Å². The van der Waals surface area contributed by atoms with Crippen LogP contribution in [0.3, 0.4) is 0 Å². The Hall–Kier alpha value is -2.60. The molecule has 4 rings (SSSR count).